The Morgan fingerprint density at radius 2 is 0.632 bits per heavy atom. The van der Waals surface area contributed by atoms with E-state index in [2.05, 4.69) is 0 Å². The van der Waals surface area contributed by atoms with Crippen LogP contribution in [-0.4, -0.2) is 275 Å². The van der Waals surface area contributed by atoms with Crippen LogP contribution in [0.15, 0.2) is 0 Å². The third-order valence-electron chi connectivity index (χ3n) is 10.5. The van der Waals surface area contributed by atoms with Crippen LogP contribution >= 0.6 is 0 Å². The summed E-state index contributed by atoms with van der Waals surface area (Å²) in [7, 11) is 1.11. The zero-order valence-corrected chi connectivity index (χ0v) is 30.2. The molecule has 5 heterocycles. The summed E-state index contributed by atoms with van der Waals surface area (Å²) in [5, 5.41) is 166. The number of hydrogen-bond acceptors (Lipinski definition) is 26. The first-order valence-electron chi connectivity index (χ1n) is 18.0. The van der Waals surface area contributed by atoms with Crippen molar-refractivity contribution >= 4 is 0 Å². The van der Waals surface area contributed by atoms with Gasteiger partial charge in [-0.25, -0.2) is 0 Å². The van der Waals surface area contributed by atoms with E-state index in [-0.39, 0.29) is 0 Å². The van der Waals surface area contributed by atoms with Crippen LogP contribution in [-0.2, 0) is 47.4 Å². The normalized spacial score (nSPS) is 52.5. The Kier molecular flexibility index (Phi) is 16.7. The molecule has 0 aliphatic carbocycles. The topological polar surface area (TPSA) is 416 Å². The van der Waals surface area contributed by atoms with Gasteiger partial charge < -0.3 is 129 Å². The molecule has 5 saturated heterocycles. The van der Waals surface area contributed by atoms with Crippen molar-refractivity contribution in [3.63, 3.8) is 0 Å². The van der Waals surface area contributed by atoms with Crippen molar-refractivity contribution in [1.82, 2.24) is 0 Å². The van der Waals surface area contributed by atoms with E-state index in [0.717, 1.165) is 7.11 Å². The Morgan fingerprint density at radius 3 is 1.00 bits per heavy atom. The summed E-state index contributed by atoms with van der Waals surface area (Å²) in [4.78, 5) is 0. The Morgan fingerprint density at radius 1 is 0.333 bits per heavy atom. The Labute approximate surface area is 323 Å². The number of hydrogen-bond donors (Lipinski definition) is 16. The predicted octanol–water partition coefficient (Wildman–Crippen LogP) is -11.3. The molecule has 5 aliphatic heterocycles. The molecular weight excluding hydrogens is 788 g/mol. The fourth-order valence-corrected chi connectivity index (χ4v) is 6.99. The van der Waals surface area contributed by atoms with Crippen molar-refractivity contribution < 1.29 is 129 Å². The van der Waals surface area contributed by atoms with E-state index in [4.69, 9.17) is 47.4 Å². The lowest BCUT2D eigenvalue weighted by atomic mass is 9.95. The zero-order valence-electron chi connectivity index (χ0n) is 30.2. The maximum Gasteiger partial charge on any atom is 0.187 e. The van der Waals surface area contributed by atoms with Crippen molar-refractivity contribution in [3.05, 3.63) is 0 Å². The van der Waals surface area contributed by atoms with Crippen LogP contribution in [0.25, 0.3) is 0 Å². The molecule has 57 heavy (non-hydrogen) atoms. The molecule has 25 atom stereocenters. The molecule has 0 aromatic heterocycles. The lowest BCUT2D eigenvalue weighted by Crippen LogP contribution is -2.67. The van der Waals surface area contributed by atoms with Crippen molar-refractivity contribution in [3.8, 4) is 0 Å². The average molecular weight is 843 g/mol. The summed E-state index contributed by atoms with van der Waals surface area (Å²) in [5.41, 5.74) is 0. The first-order chi connectivity index (χ1) is 27.0. The molecule has 16 N–H and O–H groups in total. The summed E-state index contributed by atoms with van der Waals surface area (Å²) in [6, 6.07) is 0. The van der Waals surface area contributed by atoms with Gasteiger partial charge in [0.05, 0.1) is 33.0 Å². The van der Waals surface area contributed by atoms with E-state index < -0.39 is 187 Å². The number of aliphatic hydroxyl groups is 16. The minimum atomic E-state index is -2.14. The summed E-state index contributed by atoms with van der Waals surface area (Å²) < 4.78 is 55.0. The summed E-state index contributed by atoms with van der Waals surface area (Å²) in [6.07, 6.45) is -44.7. The molecule has 5 rings (SSSR count). The summed E-state index contributed by atoms with van der Waals surface area (Å²) in [6.45, 7) is -3.93. The molecule has 5 aliphatic rings. The molecule has 5 fully saturated rings. The van der Waals surface area contributed by atoms with Crippen molar-refractivity contribution in [1.29, 1.82) is 0 Å². The van der Waals surface area contributed by atoms with Gasteiger partial charge in [0.2, 0.25) is 0 Å². The number of aliphatic hydroxyl groups excluding tert-OH is 16. The third-order valence-corrected chi connectivity index (χ3v) is 10.5. The Bertz CT molecular complexity index is 1220. The SMILES string of the molecule is CO[C@H]1O[C@H](CO[C@H]2O[C@H](CO)[C@@H](O)[C@H](O)[C@@H]2O)[C@@H](O)[C@H](O[C@H]2O[C@H](CO[C@H]3O[C@H](CO)[C@@H](O)[C@H](O)[C@@H]3O)[C@@H](O)[C@H](O[C@H]3O[C@H](CO)[C@@H](O)[C@H](O)[C@@H]3O)[C@@H]2O)[C@@H]1O. The smallest absolute Gasteiger partial charge is 0.187 e. The van der Waals surface area contributed by atoms with Crippen LogP contribution < -0.4 is 0 Å². The van der Waals surface area contributed by atoms with E-state index in [1.165, 1.54) is 0 Å². The second kappa shape index (κ2) is 20.2. The van der Waals surface area contributed by atoms with Crippen molar-refractivity contribution in [2.45, 2.75) is 154 Å². The second-order valence-electron chi connectivity index (χ2n) is 14.2. The minimum absolute atomic E-state index is 0.679. The molecule has 26 nitrogen and oxygen atoms in total. The van der Waals surface area contributed by atoms with Crippen LogP contribution in [0, 0.1) is 0 Å². The third kappa shape index (κ3) is 9.87. The Hall–Kier alpha value is -1.04. The van der Waals surface area contributed by atoms with Gasteiger partial charge in [-0.05, 0) is 0 Å². The van der Waals surface area contributed by atoms with Crippen LogP contribution in [0.4, 0.5) is 0 Å². The molecule has 0 bridgehead atoms. The van der Waals surface area contributed by atoms with Crippen LogP contribution in [0.1, 0.15) is 0 Å². The van der Waals surface area contributed by atoms with E-state index in [0.29, 0.717) is 0 Å². The molecule has 0 aromatic carbocycles. The average Bonchev–Trinajstić information content (AvgIpc) is 3.20. The maximum atomic E-state index is 11.5. The van der Waals surface area contributed by atoms with E-state index >= 15 is 0 Å². The van der Waals surface area contributed by atoms with E-state index in [1.54, 1.807) is 0 Å². The molecule has 26 heteroatoms. The molecule has 0 unspecified atom stereocenters. The van der Waals surface area contributed by atoms with Crippen molar-refractivity contribution in [2.24, 2.45) is 0 Å². The van der Waals surface area contributed by atoms with Gasteiger partial charge in [0.15, 0.2) is 31.5 Å². The number of rotatable bonds is 14. The van der Waals surface area contributed by atoms with Gasteiger partial charge in [0, 0.05) is 7.11 Å². The first kappa shape index (κ1) is 47.0. The first-order valence-corrected chi connectivity index (χ1v) is 18.0. The van der Waals surface area contributed by atoms with Gasteiger partial charge in [0.1, 0.15) is 122 Å². The lowest BCUT2D eigenvalue weighted by Gasteiger charge is -2.48. The molecule has 0 spiro atoms. The highest BCUT2D eigenvalue weighted by atomic mass is 16.8. The van der Waals surface area contributed by atoms with Gasteiger partial charge in [-0.3, -0.25) is 0 Å². The van der Waals surface area contributed by atoms with Gasteiger partial charge >= 0.3 is 0 Å². The van der Waals surface area contributed by atoms with Crippen molar-refractivity contribution in [2.75, 3.05) is 40.1 Å². The number of methoxy groups -OCH3 is 1. The minimum Gasteiger partial charge on any atom is -0.394 e. The van der Waals surface area contributed by atoms with Gasteiger partial charge in [0.25, 0.3) is 0 Å². The molecule has 0 radical (unpaired) electrons. The maximum absolute atomic E-state index is 11.5. The van der Waals surface area contributed by atoms with Crippen LogP contribution in [0.2, 0.25) is 0 Å². The largest absolute Gasteiger partial charge is 0.394 e. The fraction of sp³-hybridized carbons (Fsp3) is 1.00. The van der Waals surface area contributed by atoms with E-state index in [1.807, 2.05) is 0 Å². The fourth-order valence-electron chi connectivity index (χ4n) is 6.99. The van der Waals surface area contributed by atoms with E-state index in [9.17, 15) is 81.7 Å². The number of ether oxygens (including phenoxy) is 10. The summed E-state index contributed by atoms with van der Waals surface area (Å²) in [5.74, 6) is 0. The highest BCUT2D eigenvalue weighted by molar-refractivity contribution is 4.98. The monoisotopic (exact) mass is 842 g/mol. The van der Waals surface area contributed by atoms with Gasteiger partial charge in [-0.2, -0.15) is 0 Å². The molecule has 334 valence electrons. The molecule has 0 saturated carbocycles. The quantitative estimate of drug-likeness (QED) is 0.0772. The predicted molar refractivity (Wildman–Crippen MR) is 171 cm³/mol. The van der Waals surface area contributed by atoms with Crippen LogP contribution in [0.3, 0.4) is 0 Å². The van der Waals surface area contributed by atoms with Crippen LogP contribution in [0.5, 0.6) is 0 Å². The molecule has 0 aromatic rings. The molecular formula is C31H54O26. The van der Waals surface area contributed by atoms with Gasteiger partial charge in [-0.15, -0.1) is 0 Å². The Balaban J connectivity index is 1.36. The molecule has 0 amide bonds. The summed E-state index contributed by atoms with van der Waals surface area (Å²) >= 11 is 0. The lowest BCUT2D eigenvalue weighted by molar-refractivity contribution is -0.386. The zero-order chi connectivity index (χ0) is 42.0. The highest BCUT2D eigenvalue weighted by Crippen LogP contribution is 2.34. The highest BCUT2D eigenvalue weighted by Gasteiger charge is 2.55. The van der Waals surface area contributed by atoms with Gasteiger partial charge in [-0.1, -0.05) is 0 Å². The second-order valence-corrected chi connectivity index (χ2v) is 14.2. The standard InChI is InChI=1S/C31H54O26/c1-48-27-23(46)25(15(38)10(54-27)5-49-28-20(43)17(40)12(35)7(2-32)51-28)57-31-24(47)26(56-30-22(45)19(42)14(37)9(4-34)53-30)16(39)11(55-31)6-50-29-21(44)18(41)13(36)8(3-33)52-29/h7-47H,2-6H2,1H3/t7-,8-,9-,10-,11-,12-,13-,14-,15-,16-,17+,18+,19+,20+,21+,22+,23+,24+,25+,26+,27+,28+,29+,30-,31-/m1/s1.